The molecule has 1 aromatic rings. The van der Waals surface area contributed by atoms with Crippen molar-refractivity contribution in [3.8, 4) is 0 Å². The van der Waals surface area contributed by atoms with E-state index in [1.165, 1.54) is 6.26 Å². The van der Waals surface area contributed by atoms with Crippen LogP contribution in [0.2, 0.25) is 0 Å². The summed E-state index contributed by atoms with van der Waals surface area (Å²) in [4.78, 5) is 4.03. The first-order valence-corrected chi connectivity index (χ1v) is 9.99. The van der Waals surface area contributed by atoms with E-state index in [2.05, 4.69) is 13.0 Å². The van der Waals surface area contributed by atoms with Crippen molar-refractivity contribution in [3.63, 3.8) is 0 Å². The van der Waals surface area contributed by atoms with Gasteiger partial charge in [-0.1, -0.05) is 13.3 Å². The van der Waals surface area contributed by atoms with Crippen molar-refractivity contribution in [2.24, 2.45) is 0 Å². The van der Waals surface area contributed by atoms with E-state index < -0.39 is 15.9 Å². The third-order valence-corrected chi connectivity index (χ3v) is 4.51. The Morgan fingerprint density at radius 2 is 1.57 bits per heavy atom. The number of unbranched alkanes of at least 4 members (excludes halogenated alkanes) is 1. The van der Waals surface area contributed by atoms with Gasteiger partial charge in [-0.15, -0.1) is 0 Å². The molecule has 1 rings (SSSR count). The maximum absolute atomic E-state index is 11.8. The standard InChI is InChI=1S/C17H30N2O3S/c1-7-8-9-22-17(13-23(6,20)21)14-10-15(18(2)3)12-16(11-14)19(4)5/h10-12,17H,7-9,13H2,1-6H3. The van der Waals surface area contributed by atoms with E-state index in [1.807, 2.05) is 50.1 Å². The SMILES string of the molecule is CCCCOC(CS(C)(=O)=O)c1cc(N(C)C)cc(N(C)C)c1. The summed E-state index contributed by atoms with van der Waals surface area (Å²) >= 11 is 0. The van der Waals surface area contributed by atoms with E-state index in [-0.39, 0.29) is 5.75 Å². The van der Waals surface area contributed by atoms with Crippen LogP contribution < -0.4 is 9.80 Å². The molecule has 1 aromatic carbocycles. The molecule has 0 spiro atoms. The Labute approximate surface area is 141 Å². The fourth-order valence-electron chi connectivity index (χ4n) is 2.21. The van der Waals surface area contributed by atoms with Gasteiger partial charge >= 0.3 is 0 Å². The second-order valence-corrected chi connectivity index (χ2v) is 8.56. The van der Waals surface area contributed by atoms with Crippen molar-refractivity contribution in [1.29, 1.82) is 0 Å². The van der Waals surface area contributed by atoms with E-state index in [1.54, 1.807) is 0 Å². The van der Waals surface area contributed by atoms with Crippen LogP contribution in [0.5, 0.6) is 0 Å². The summed E-state index contributed by atoms with van der Waals surface area (Å²) < 4.78 is 29.5. The van der Waals surface area contributed by atoms with Gasteiger partial charge in [-0.2, -0.15) is 0 Å². The van der Waals surface area contributed by atoms with Crippen LogP contribution in [0, 0.1) is 0 Å². The molecule has 23 heavy (non-hydrogen) atoms. The van der Waals surface area contributed by atoms with Crippen LogP contribution in [0.1, 0.15) is 31.4 Å². The van der Waals surface area contributed by atoms with Crippen molar-refractivity contribution in [2.45, 2.75) is 25.9 Å². The van der Waals surface area contributed by atoms with Gasteiger partial charge in [0.1, 0.15) is 9.84 Å². The zero-order valence-electron chi connectivity index (χ0n) is 15.2. The second kappa shape index (κ2) is 8.55. The van der Waals surface area contributed by atoms with Gasteiger partial charge in [0.05, 0.1) is 11.9 Å². The Hall–Kier alpha value is -1.27. The molecule has 0 saturated carbocycles. The average molecular weight is 343 g/mol. The molecule has 5 nitrogen and oxygen atoms in total. The number of ether oxygens (including phenoxy) is 1. The molecule has 0 fully saturated rings. The summed E-state index contributed by atoms with van der Waals surface area (Å²) in [5.74, 6) is 0.000461. The van der Waals surface area contributed by atoms with Gasteiger partial charge < -0.3 is 14.5 Å². The number of anilines is 2. The molecule has 0 aliphatic carbocycles. The lowest BCUT2D eigenvalue weighted by Gasteiger charge is -2.24. The minimum absolute atomic E-state index is 0.000461. The van der Waals surface area contributed by atoms with Gasteiger partial charge in [-0.3, -0.25) is 0 Å². The summed E-state index contributed by atoms with van der Waals surface area (Å²) in [6.07, 6.45) is 2.77. The molecular formula is C17H30N2O3S. The zero-order valence-corrected chi connectivity index (χ0v) is 16.0. The highest BCUT2D eigenvalue weighted by Crippen LogP contribution is 2.29. The molecule has 0 saturated heterocycles. The Bertz CT molecular complexity index is 572. The molecule has 1 unspecified atom stereocenters. The summed E-state index contributed by atoms with van der Waals surface area (Å²) in [5, 5.41) is 0. The quantitative estimate of drug-likeness (QED) is 0.646. The van der Waals surface area contributed by atoms with E-state index in [0.717, 1.165) is 29.8 Å². The summed E-state index contributed by atoms with van der Waals surface area (Å²) in [6, 6.07) is 6.09. The number of hydrogen-bond donors (Lipinski definition) is 0. The molecule has 0 radical (unpaired) electrons. The third-order valence-electron chi connectivity index (χ3n) is 3.60. The van der Waals surface area contributed by atoms with Gasteiger partial charge in [0.25, 0.3) is 0 Å². The third kappa shape index (κ3) is 6.79. The van der Waals surface area contributed by atoms with Crippen LogP contribution in [-0.2, 0) is 14.6 Å². The van der Waals surface area contributed by atoms with Crippen LogP contribution in [0.4, 0.5) is 11.4 Å². The second-order valence-electron chi connectivity index (χ2n) is 6.38. The largest absolute Gasteiger partial charge is 0.378 e. The summed E-state index contributed by atoms with van der Waals surface area (Å²) in [7, 11) is 4.77. The van der Waals surface area contributed by atoms with Gasteiger partial charge in [-0.25, -0.2) is 8.42 Å². The zero-order chi connectivity index (χ0) is 17.6. The van der Waals surface area contributed by atoms with Crippen molar-refractivity contribution in [1.82, 2.24) is 0 Å². The molecule has 0 heterocycles. The van der Waals surface area contributed by atoms with Gasteiger partial charge in [0.15, 0.2) is 0 Å². The first-order valence-electron chi connectivity index (χ1n) is 7.93. The highest BCUT2D eigenvalue weighted by atomic mass is 32.2. The van der Waals surface area contributed by atoms with Crippen molar-refractivity contribution in [3.05, 3.63) is 23.8 Å². The number of nitrogens with zero attached hydrogens (tertiary/aromatic N) is 2. The topological polar surface area (TPSA) is 49.9 Å². The molecule has 6 heteroatoms. The maximum Gasteiger partial charge on any atom is 0.150 e. The number of benzene rings is 1. The van der Waals surface area contributed by atoms with E-state index in [0.29, 0.717) is 6.61 Å². The van der Waals surface area contributed by atoms with E-state index >= 15 is 0 Å². The number of hydrogen-bond acceptors (Lipinski definition) is 5. The molecular weight excluding hydrogens is 312 g/mol. The van der Waals surface area contributed by atoms with E-state index in [9.17, 15) is 8.42 Å². The van der Waals surface area contributed by atoms with Crippen molar-refractivity contribution >= 4 is 21.2 Å². The molecule has 0 N–H and O–H groups in total. The molecule has 0 aromatic heterocycles. The fourth-order valence-corrected chi connectivity index (χ4v) is 3.04. The smallest absolute Gasteiger partial charge is 0.150 e. The predicted molar refractivity (Wildman–Crippen MR) is 98.4 cm³/mol. The Morgan fingerprint density at radius 3 is 1.96 bits per heavy atom. The monoisotopic (exact) mass is 342 g/mol. The summed E-state index contributed by atoms with van der Waals surface area (Å²) in [5.41, 5.74) is 2.97. The van der Waals surface area contributed by atoms with Gasteiger partial charge in [0.2, 0.25) is 0 Å². The van der Waals surface area contributed by atoms with Crippen molar-refractivity contribution in [2.75, 3.05) is 56.6 Å². The molecule has 0 amide bonds. The molecule has 0 bridgehead atoms. The molecule has 0 aliphatic rings. The minimum Gasteiger partial charge on any atom is -0.378 e. The Morgan fingerprint density at radius 1 is 1.04 bits per heavy atom. The maximum atomic E-state index is 11.8. The summed E-state index contributed by atoms with van der Waals surface area (Å²) in [6.45, 7) is 2.66. The van der Waals surface area contributed by atoms with Crippen LogP contribution in [0.3, 0.4) is 0 Å². The van der Waals surface area contributed by atoms with Crippen LogP contribution in [0.25, 0.3) is 0 Å². The lowest BCUT2D eigenvalue weighted by molar-refractivity contribution is 0.0659. The van der Waals surface area contributed by atoms with Crippen molar-refractivity contribution < 1.29 is 13.2 Å². The average Bonchev–Trinajstić information content (AvgIpc) is 2.44. The normalized spacial score (nSPS) is 13.0. The first-order chi connectivity index (χ1) is 10.6. The highest BCUT2D eigenvalue weighted by Gasteiger charge is 2.20. The Balaban J connectivity index is 3.21. The molecule has 1 atom stereocenters. The fraction of sp³-hybridized carbons (Fsp3) is 0.647. The molecule has 0 aliphatic heterocycles. The predicted octanol–water partition coefficient (Wildman–Crippen LogP) is 2.72. The number of rotatable bonds is 9. The van der Waals surface area contributed by atoms with Crippen LogP contribution in [0.15, 0.2) is 18.2 Å². The minimum atomic E-state index is -3.13. The highest BCUT2D eigenvalue weighted by molar-refractivity contribution is 7.90. The van der Waals surface area contributed by atoms with Gasteiger partial charge in [0, 0.05) is 52.4 Å². The lowest BCUT2D eigenvalue weighted by Crippen LogP contribution is -2.19. The number of sulfone groups is 1. The van der Waals surface area contributed by atoms with Crippen LogP contribution >= 0.6 is 0 Å². The first kappa shape index (κ1) is 19.8. The van der Waals surface area contributed by atoms with Crippen LogP contribution in [-0.4, -0.2) is 55.2 Å². The lowest BCUT2D eigenvalue weighted by atomic mass is 10.1. The Kier molecular flexibility index (Phi) is 7.35. The molecule has 132 valence electrons. The van der Waals surface area contributed by atoms with Gasteiger partial charge in [-0.05, 0) is 30.2 Å². The van der Waals surface area contributed by atoms with E-state index in [4.69, 9.17) is 4.74 Å².